The maximum Gasteiger partial charge on any atom is 0.298 e. The molecule has 3 rings (SSSR count). The largest absolute Gasteiger partial charge is 0.423 e. The van der Waals surface area contributed by atoms with Crippen LogP contribution in [0.2, 0.25) is 0 Å². The van der Waals surface area contributed by atoms with Crippen LogP contribution in [0, 0.1) is 0 Å². The summed E-state index contributed by atoms with van der Waals surface area (Å²) in [5.74, 6) is 0. The second-order valence-corrected chi connectivity index (χ2v) is 5.21. The number of hydrogen-bond acceptors (Lipinski definition) is 5. The van der Waals surface area contributed by atoms with Crippen LogP contribution < -0.4 is 10.6 Å². The molecular weight excluding hydrogens is 230 g/mol. The molecule has 0 saturated carbocycles. The lowest BCUT2D eigenvalue weighted by molar-refractivity contribution is 0.0435. The topological polar surface area (TPSA) is 75.5 Å². The quantitative estimate of drug-likeness (QED) is 0.751. The Balaban J connectivity index is 1.97. The molecule has 0 radical (unpaired) electrons. The summed E-state index contributed by atoms with van der Waals surface area (Å²) in [6, 6.07) is 6.05. The van der Waals surface area contributed by atoms with Gasteiger partial charge in [0, 0.05) is 6.54 Å². The fourth-order valence-corrected chi connectivity index (χ4v) is 2.48. The molecule has 1 aromatic carbocycles. The van der Waals surface area contributed by atoms with Crippen molar-refractivity contribution in [3.05, 3.63) is 18.2 Å². The number of nitrogen functional groups attached to an aromatic ring is 1. The van der Waals surface area contributed by atoms with Gasteiger partial charge in [0.15, 0.2) is 5.58 Å². The lowest BCUT2D eigenvalue weighted by Gasteiger charge is -2.35. The first kappa shape index (κ1) is 11.3. The number of aromatic nitrogens is 1. The van der Waals surface area contributed by atoms with Gasteiger partial charge in [-0.25, -0.2) is 0 Å². The average Bonchev–Trinajstić information content (AvgIpc) is 2.73. The van der Waals surface area contributed by atoms with Crippen LogP contribution in [0.25, 0.3) is 11.1 Å². The van der Waals surface area contributed by atoms with Gasteiger partial charge in [-0.3, -0.25) is 0 Å². The molecule has 1 aliphatic rings. The number of nitrogens with two attached hydrogens (primary N) is 1. The Labute approximate surface area is 105 Å². The summed E-state index contributed by atoms with van der Waals surface area (Å²) in [6.45, 7) is 3.23. The molecule has 2 aromatic rings. The van der Waals surface area contributed by atoms with E-state index in [4.69, 9.17) is 10.2 Å². The Bertz CT molecular complexity index is 577. The van der Waals surface area contributed by atoms with Crippen molar-refractivity contribution in [1.29, 1.82) is 0 Å². The molecule has 1 atom stereocenters. The molecule has 0 bridgehead atoms. The van der Waals surface area contributed by atoms with Gasteiger partial charge in [-0.05, 0) is 31.9 Å². The lowest BCUT2D eigenvalue weighted by Crippen LogP contribution is -2.46. The summed E-state index contributed by atoms with van der Waals surface area (Å²) in [4.78, 5) is 6.40. The van der Waals surface area contributed by atoms with Crippen molar-refractivity contribution in [1.82, 2.24) is 4.98 Å². The standard InChI is InChI=1S/C13H17N3O2/c1-13(17)6-3-7-16(8-13)12-15-11-9(14)4-2-5-10(11)18-12/h2,4-5,17H,3,6-8,14H2,1H3. The van der Waals surface area contributed by atoms with Crippen LogP contribution in [0.5, 0.6) is 0 Å². The molecule has 1 fully saturated rings. The number of rotatable bonds is 1. The van der Waals surface area contributed by atoms with Gasteiger partial charge >= 0.3 is 0 Å². The summed E-state index contributed by atoms with van der Waals surface area (Å²) in [6.07, 6.45) is 1.74. The van der Waals surface area contributed by atoms with Gasteiger partial charge < -0.3 is 20.2 Å². The van der Waals surface area contributed by atoms with Crippen molar-refractivity contribution in [3.63, 3.8) is 0 Å². The van der Waals surface area contributed by atoms with Gasteiger partial charge in [0.05, 0.1) is 17.8 Å². The van der Waals surface area contributed by atoms with Crippen molar-refractivity contribution in [3.8, 4) is 0 Å². The summed E-state index contributed by atoms with van der Waals surface area (Å²) < 4.78 is 5.71. The molecule has 5 heteroatoms. The van der Waals surface area contributed by atoms with Crippen molar-refractivity contribution >= 4 is 22.8 Å². The van der Waals surface area contributed by atoms with Crippen molar-refractivity contribution in [2.45, 2.75) is 25.4 Å². The van der Waals surface area contributed by atoms with E-state index in [9.17, 15) is 5.11 Å². The fraction of sp³-hybridized carbons (Fsp3) is 0.462. The van der Waals surface area contributed by atoms with E-state index in [1.54, 1.807) is 6.07 Å². The molecule has 0 aliphatic carbocycles. The predicted molar refractivity (Wildman–Crippen MR) is 70.5 cm³/mol. The number of nitrogens with zero attached hydrogens (tertiary/aromatic N) is 2. The van der Waals surface area contributed by atoms with E-state index in [2.05, 4.69) is 4.98 Å². The lowest BCUT2D eigenvalue weighted by atomic mass is 9.96. The second kappa shape index (κ2) is 3.88. The SMILES string of the molecule is CC1(O)CCCN(c2nc3c(N)cccc3o2)C1. The van der Waals surface area contributed by atoms with Crippen LogP contribution in [-0.2, 0) is 0 Å². The minimum absolute atomic E-state index is 0.541. The van der Waals surface area contributed by atoms with Gasteiger partial charge in [-0.1, -0.05) is 6.07 Å². The van der Waals surface area contributed by atoms with Crippen LogP contribution in [0.15, 0.2) is 22.6 Å². The number of hydrogen-bond donors (Lipinski definition) is 2. The Morgan fingerprint density at radius 2 is 2.33 bits per heavy atom. The van der Waals surface area contributed by atoms with Crippen molar-refractivity contribution in [2.75, 3.05) is 23.7 Å². The highest BCUT2D eigenvalue weighted by Crippen LogP contribution is 2.29. The van der Waals surface area contributed by atoms with E-state index in [0.717, 1.165) is 19.4 Å². The highest BCUT2D eigenvalue weighted by molar-refractivity contribution is 5.86. The first-order valence-corrected chi connectivity index (χ1v) is 6.17. The summed E-state index contributed by atoms with van der Waals surface area (Å²) >= 11 is 0. The molecule has 0 amide bonds. The van der Waals surface area contributed by atoms with Crippen LogP contribution in [0.1, 0.15) is 19.8 Å². The second-order valence-electron chi connectivity index (χ2n) is 5.21. The van der Waals surface area contributed by atoms with Crippen LogP contribution in [0.3, 0.4) is 0 Å². The molecule has 1 unspecified atom stereocenters. The number of aliphatic hydroxyl groups is 1. The van der Waals surface area contributed by atoms with Gasteiger partial charge in [0.25, 0.3) is 6.01 Å². The molecule has 96 valence electrons. The number of benzene rings is 1. The van der Waals surface area contributed by atoms with E-state index in [-0.39, 0.29) is 0 Å². The normalized spacial score (nSPS) is 24.7. The van der Waals surface area contributed by atoms with Crippen LogP contribution >= 0.6 is 0 Å². The van der Waals surface area contributed by atoms with Crippen molar-refractivity contribution < 1.29 is 9.52 Å². The number of anilines is 2. The third-order valence-electron chi connectivity index (χ3n) is 3.38. The average molecular weight is 247 g/mol. The maximum absolute atomic E-state index is 10.1. The number of para-hydroxylation sites is 1. The van der Waals surface area contributed by atoms with Gasteiger partial charge in [-0.15, -0.1) is 0 Å². The zero-order chi connectivity index (χ0) is 12.8. The monoisotopic (exact) mass is 247 g/mol. The predicted octanol–water partition coefficient (Wildman–Crippen LogP) is 1.76. The molecule has 0 spiro atoms. The van der Waals surface area contributed by atoms with E-state index < -0.39 is 5.60 Å². The molecule has 3 N–H and O–H groups in total. The van der Waals surface area contributed by atoms with Gasteiger partial charge in [0.2, 0.25) is 0 Å². The molecule has 1 aliphatic heterocycles. The smallest absolute Gasteiger partial charge is 0.298 e. The number of oxazole rings is 1. The zero-order valence-corrected chi connectivity index (χ0v) is 10.4. The minimum atomic E-state index is -0.676. The molecule has 1 aromatic heterocycles. The molecule has 18 heavy (non-hydrogen) atoms. The molecular formula is C13H17N3O2. The molecule has 2 heterocycles. The maximum atomic E-state index is 10.1. The molecule has 5 nitrogen and oxygen atoms in total. The van der Waals surface area contributed by atoms with E-state index >= 15 is 0 Å². The number of β-amino-alcohol motifs (C(OH)–C–C–N with tert-alkyl or cyclic N) is 1. The fourth-order valence-electron chi connectivity index (χ4n) is 2.48. The van der Waals surface area contributed by atoms with Crippen LogP contribution in [-0.4, -0.2) is 28.8 Å². The summed E-state index contributed by atoms with van der Waals surface area (Å²) in [5, 5.41) is 10.1. The first-order chi connectivity index (χ1) is 8.55. The summed E-state index contributed by atoms with van der Waals surface area (Å²) in [7, 11) is 0. The third kappa shape index (κ3) is 1.90. The van der Waals surface area contributed by atoms with E-state index in [0.29, 0.717) is 29.3 Å². The Kier molecular flexibility index (Phi) is 2.45. The van der Waals surface area contributed by atoms with Gasteiger partial charge in [0.1, 0.15) is 5.52 Å². The Hall–Kier alpha value is -1.75. The Morgan fingerprint density at radius 3 is 3.06 bits per heavy atom. The highest BCUT2D eigenvalue weighted by atomic mass is 16.4. The van der Waals surface area contributed by atoms with Crippen molar-refractivity contribution in [2.24, 2.45) is 0 Å². The van der Waals surface area contributed by atoms with E-state index in [1.807, 2.05) is 24.0 Å². The first-order valence-electron chi connectivity index (χ1n) is 6.17. The van der Waals surface area contributed by atoms with Crippen LogP contribution in [0.4, 0.5) is 11.7 Å². The highest BCUT2D eigenvalue weighted by Gasteiger charge is 2.30. The Morgan fingerprint density at radius 1 is 1.50 bits per heavy atom. The minimum Gasteiger partial charge on any atom is -0.423 e. The molecule has 1 saturated heterocycles. The van der Waals surface area contributed by atoms with E-state index in [1.165, 1.54) is 0 Å². The number of piperidine rings is 1. The summed E-state index contributed by atoms with van der Waals surface area (Å²) in [5.41, 5.74) is 7.19. The number of fused-ring (bicyclic) bond motifs is 1. The zero-order valence-electron chi connectivity index (χ0n) is 10.4. The third-order valence-corrected chi connectivity index (χ3v) is 3.38. The van der Waals surface area contributed by atoms with Gasteiger partial charge in [-0.2, -0.15) is 4.98 Å².